The Morgan fingerprint density at radius 3 is 2.43 bits per heavy atom. The first kappa shape index (κ1) is 31.9. The van der Waals surface area contributed by atoms with E-state index in [0.29, 0.717) is 40.9 Å². The topological polar surface area (TPSA) is 137 Å². The molecule has 246 valence electrons. The van der Waals surface area contributed by atoms with E-state index in [9.17, 15) is 22.8 Å². The summed E-state index contributed by atoms with van der Waals surface area (Å²) >= 11 is 0. The molecule has 0 bridgehead atoms. The number of alkyl halides is 3. The SMILES string of the molecule is COc1ncnc(C2CC2)c1-c1nc2c(c(N(Cc3ccc(-c4nc(C(F)(F)F)cn4C)cc3)C(=O)OC(C)(C)C)n1)CCNC2=O. The molecule has 2 amide bonds. The number of anilines is 1. The third kappa shape index (κ3) is 6.60. The van der Waals surface area contributed by atoms with Gasteiger partial charge in [0.15, 0.2) is 11.5 Å². The third-order valence-electron chi connectivity index (χ3n) is 7.67. The minimum absolute atomic E-state index is 0.0357. The first-order valence-corrected chi connectivity index (χ1v) is 15.0. The minimum atomic E-state index is -4.58. The average molecular weight is 651 g/mol. The third-order valence-corrected chi connectivity index (χ3v) is 7.67. The van der Waals surface area contributed by atoms with E-state index in [4.69, 9.17) is 14.5 Å². The van der Waals surface area contributed by atoms with E-state index in [0.717, 1.165) is 19.0 Å². The standard InChI is InChI=1S/C32H33F3N8O4/c1-31(2,3)47-30(45)43(14-17-6-8-19(9-7-17)26-39-21(15-42(26)4)32(33,34)35)27-20-12-13-36-28(44)24(20)40-25(41-27)22-23(18-10-11-18)37-16-38-29(22)46-5/h6-9,15-16,18H,10-14H2,1-5H3,(H,36,44). The Morgan fingerprint density at radius 2 is 1.81 bits per heavy atom. The zero-order chi connectivity index (χ0) is 33.7. The van der Waals surface area contributed by atoms with Crippen molar-refractivity contribution < 1.29 is 32.2 Å². The van der Waals surface area contributed by atoms with Crippen LogP contribution in [0.15, 0.2) is 36.8 Å². The molecular weight excluding hydrogens is 617 g/mol. The molecule has 4 aromatic rings. The molecule has 1 N–H and O–H groups in total. The van der Waals surface area contributed by atoms with Crippen LogP contribution >= 0.6 is 0 Å². The Morgan fingerprint density at radius 1 is 1.09 bits per heavy atom. The monoisotopic (exact) mass is 650 g/mol. The van der Waals surface area contributed by atoms with Crippen LogP contribution in [-0.2, 0) is 30.9 Å². The summed E-state index contributed by atoms with van der Waals surface area (Å²) in [7, 11) is 2.96. The summed E-state index contributed by atoms with van der Waals surface area (Å²) in [5.74, 6) is 0.441. The van der Waals surface area contributed by atoms with Crippen LogP contribution in [-0.4, -0.2) is 60.7 Å². The second-order valence-electron chi connectivity index (χ2n) is 12.4. The highest BCUT2D eigenvalue weighted by molar-refractivity contribution is 5.98. The number of amides is 2. The van der Waals surface area contributed by atoms with Crippen LogP contribution in [0.2, 0.25) is 0 Å². The number of aryl methyl sites for hydroxylation is 1. The first-order valence-electron chi connectivity index (χ1n) is 15.0. The number of halogens is 3. The van der Waals surface area contributed by atoms with Gasteiger partial charge < -0.3 is 19.4 Å². The van der Waals surface area contributed by atoms with E-state index >= 15 is 0 Å². The van der Waals surface area contributed by atoms with Gasteiger partial charge in [0.2, 0.25) is 5.88 Å². The molecule has 6 rings (SSSR count). The van der Waals surface area contributed by atoms with Crippen LogP contribution in [0.3, 0.4) is 0 Å². The van der Waals surface area contributed by atoms with Gasteiger partial charge in [0.25, 0.3) is 5.91 Å². The number of methoxy groups -OCH3 is 1. The molecule has 15 heteroatoms. The number of nitrogens with zero attached hydrogens (tertiary/aromatic N) is 7. The number of rotatable bonds is 7. The Hall–Kier alpha value is -5.08. The number of carbonyl (C=O) groups is 2. The van der Waals surface area contributed by atoms with Crippen molar-refractivity contribution in [1.29, 1.82) is 0 Å². The molecule has 0 unspecified atom stereocenters. The fraction of sp³-hybridized carbons (Fsp3) is 0.406. The van der Waals surface area contributed by atoms with E-state index in [-0.39, 0.29) is 41.5 Å². The van der Waals surface area contributed by atoms with Gasteiger partial charge in [0, 0.05) is 36.8 Å². The van der Waals surface area contributed by atoms with Gasteiger partial charge in [-0.2, -0.15) is 13.2 Å². The molecule has 1 aliphatic heterocycles. The predicted molar refractivity (Wildman–Crippen MR) is 164 cm³/mol. The smallest absolute Gasteiger partial charge is 0.434 e. The number of nitrogens with one attached hydrogen (secondary N) is 1. The lowest BCUT2D eigenvalue weighted by molar-refractivity contribution is -0.140. The van der Waals surface area contributed by atoms with Crippen molar-refractivity contribution >= 4 is 17.8 Å². The number of ether oxygens (including phenoxy) is 2. The van der Waals surface area contributed by atoms with Crippen LogP contribution in [0.5, 0.6) is 5.88 Å². The van der Waals surface area contributed by atoms with Crippen LogP contribution in [0.4, 0.5) is 23.8 Å². The van der Waals surface area contributed by atoms with Gasteiger partial charge in [-0.15, -0.1) is 0 Å². The normalized spacial score (nSPS) is 14.8. The Labute approximate surface area is 268 Å². The van der Waals surface area contributed by atoms with Gasteiger partial charge in [-0.25, -0.2) is 29.7 Å². The van der Waals surface area contributed by atoms with Crippen LogP contribution in [0, 0.1) is 0 Å². The maximum absolute atomic E-state index is 13.9. The molecule has 1 aliphatic carbocycles. The Kier molecular flexibility index (Phi) is 8.10. The van der Waals surface area contributed by atoms with Crippen molar-refractivity contribution in [2.24, 2.45) is 7.05 Å². The molecule has 0 saturated heterocycles. The average Bonchev–Trinajstić information content (AvgIpc) is 3.78. The summed E-state index contributed by atoms with van der Waals surface area (Å²) in [6, 6.07) is 6.64. The van der Waals surface area contributed by atoms with Crippen LogP contribution < -0.4 is 15.0 Å². The van der Waals surface area contributed by atoms with Gasteiger partial charge in [-0.05, 0) is 45.6 Å². The zero-order valence-electron chi connectivity index (χ0n) is 26.5. The number of aromatic nitrogens is 6. The summed E-state index contributed by atoms with van der Waals surface area (Å²) in [5.41, 5.74) is 0.948. The van der Waals surface area contributed by atoms with Crippen molar-refractivity contribution in [3.63, 3.8) is 0 Å². The van der Waals surface area contributed by atoms with Gasteiger partial charge >= 0.3 is 12.3 Å². The second-order valence-corrected chi connectivity index (χ2v) is 12.4. The highest BCUT2D eigenvalue weighted by atomic mass is 19.4. The minimum Gasteiger partial charge on any atom is -0.480 e. The highest BCUT2D eigenvalue weighted by Crippen LogP contribution is 2.45. The zero-order valence-corrected chi connectivity index (χ0v) is 26.5. The predicted octanol–water partition coefficient (Wildman–Crippen LogP) is 5.47. The fourth-order valence-electron chi connectivity index (χ4n) is 5.38. The molecule has 3 aromatic heterocycles. The fourth-order valence-corrected chi connectivity index (χ4v) is 5.38. The molecule has 1 aromatic carbocycles. The van der Waals surface area contributed by atoms with Crippen molar-refractivity contribution in [3.05, 3.63) is 65.0 Å². The maximum atomic E-state index is 13.9. The van der Waals surface area contributed by atoms with E-state index in [1.165, 1.54) is 30.0 Å². The molecular formula is C32H33F3N8O4. The van der Waals surface area contributed by atoms with Crippen LogP contribution in [0.1, 0.15) is 72.5 Å². The van der Waals surface area contributed by atoms with Crippen LogP contribution in [0.25, 0.3) is 22.8 Å². The number of benzene rings is 1. The highest BCUT2D eigenvalue weighted by Gasteiger charge is 2.36. The van der Waals surface area contributed by atoms with E-state index in [1.807, 2.05) is 0 Å². The maximum Gasteiger partial charge on any atom is 0.434 e. The van der Waals surface area contributed by atoms with Gasteiger partial charge in [0.1, 0.15) is 34.8 Å². The van der Waals surface area contributed by atoms with Gasteiger partial charge in [-0.1, -0.05) is 24.3 Å². The summed E-state index contributed by atoms with van der Waals surface area (Å²) in [5, 5.41) is 2.81. The number of hydrogen-bond acceptors (Lipinski definition) is 9. The molecule has 0 radical (unpaired) electrons. The Balaban J connectivity index is 1.45. The molecule has 1 fully saturated rings. The summed E-state index contributed by atoms with van der Waals surface area (Å²) in [6.07, 6.45) is -0.757. The number of carbonyl (C=O) groups excluding carboxylic acids is 2. The molecule has 1 saturated carbocycles. The van der Waals surface area contributed by atoms with Crippen molar-refractivity contribution in [2.45, 2.75) is 64.3 Å². The number of fused-ring (bicyclic) bond motifs is 1. The van der Waals surface area contributed by atoms with Gasteiger partial charge in [0.05, 0.1) is 19.3 Å². The van der Waals surface area contributed by atoms with Crippen molar-refractivity contribution in [2.75, 3.05) is 18.6 Å². The summed E-state index contributed by atoms with van der Waals surface area (Å²) in [6.45, 7) is 5.49. The number of imidazole rings is 1. The quantitative estimate of drug-likeness (QED) is 0.276. The lowest BCUT2D eigenvalue weighted by atomic mass is 10.0. The van der Waals surface area contributed by atoms with E-state index < -0.39 is 29.5 Å². The molecule has 47 heavy (non-hydrogen) atoms. The molecule has 2 aliphatic rings. The van der Waals surface area contributed by atoms with Crippen molar-refractivity contribution in [1.82, 2.24) is 34.8 Å². The lowest BCUT2D eigenvalue weighted by Gasteiger charge is -2.30. The molecule has 0 atom stereocenters. The van der Waals surface area contributed by atoms with E-state index in [2.05, 4.69) is 25.3 Å². The van der Waals surface area contributed by atoms with Crippen molar-refractivity contribution in [3.8, 4) is 28.7 Å². The first-order chi connectivity index (χ1) is 22.2. The number of hydrogen-bond donors (Lipinski definition) is 1. The molecule has 0 spiro atoms. The van der Waals surface area contributed by atoms with E-state index in [1.54, 1.807) is 45.0 Å². The molecule has 4 heterocycles. The second kappa shape index (κ2) is 11.9. The lowest BCUT2D eigenvalue weighted by Crippen LogP contribution is -2.40. The molecule has 12 nitrogen and oxygen atoms in total. The van der Waals surface area contributed by atoms with Gasteiger partial charge in [-0.3, -0.25) is 9.69 Å². The summed E-state index contributed by atoms with van der Waals surface area (Å²) in [4.78, 5) is 50.5. The summed E-state index contributed by atoms with van der Waals surface area (Å²) < 4.78 is 52.5. The largest absolute Gasteiger partial charge is 0.480 e. The Bertz CT molecular complexity index is 1850.